The lowest BCUT2D eigenvalue weighted by atomic mass is 9.89. The summed E-state index contributed by atoms with van der Waals surface area (Å²) < 4.78 is 3.80. The maximum Gasteiger partial charge on any atom is 0.267 e. The van der Waals surface area contributed by atoms with Gasteiger partial charge in [-0.05, 0) is 74.9 Å². The smallest absolute Gasteiger partial charge is 0.267 e. The predicted octanol–water partition coefficient (Wildman–Crippen LogP) is 6.95. The van der Waals surface area contributed by atoms with Crippen LogP contribution in [-0.2, 0) is 12.8 Å². The molecule has 0 fully saturated rings. The molecule has 0 radical (unpaired) electrons. The molecule has 1 aliphatic carbocycles. The standard InChI is InChI=1S/C31H29N3O2S2/c1-19-14-15-24-27(16-19)38-29-28(24)30(36)34(23-12-8-5-9-13-23)31(32-29)37-18-26(35)25-17-20(2)33(21(25)3)22-10-6-4-7-11-22/h4-13,17,19H,14-16,18H2,1-3H3. The minimum absolute atomic E-state index is 0.0264. The number of para-hydroxylation sites is 2. The number of Topliss-reactive ketones (excluding diaryl/α,β-unsaturated/α-hetero) is 1. The Hall–Kier alpha value is -3.42. The number of carbonyl (C=O) groups excluding carboxylic acids is 1. The zero-order chi connectivity index (χ0) is 26.4. The molecule has 5 nitrogen and oxygen atoms in total. The molecule has 0 amide bonds. The lowest BCUT2D eigenvalue weighted by Crippen LogP contribution is -2.23. The number of aromatic nitrogens is 3. The van der Waals surface area contributed by atoms with Crippen LogP contribution in [0.25, 0.3) is 21.6 Å². The molecule has 0 aliphatic heterocycles. The van der Waals surface area contributed by atoms with Gasteiger partial charge in [-0.3, -0.25) is 14.2 Å². The molecule has 0 saturated heterocycles. The second-order valence-corrected chi connectivity index (χ2v) is 12.1. The van der Waals surface area contributed by atoms with Crippen molar-refractivity contribution in [1.82, 2.24) is 14.1 Å². The van der Waals surface area contributed by atoms with Gasteiger partial charge in [0.2, 0.25) is 0 Å². The Balaban J connectivity index is 1.38. The van der Waals surface area contributed by atoms with Gasteiger partial charge in [-0.15, -0.1) is 11.3 Å². The topological polar surface area (TPSA) is 56.9 Å². The van der Waals surface area contributed by atoms with Gasteiger partial charge in [0.05, 0.1) is 16.8 Å². The maximum absolute atomic E-state index is 14.0. The van der Waals surface area contributed by atoms with Crippen molar-refractivity contribution in [2.45, 2.75) is 45.2 Å². The van der Waals surface area contributed by atoms with E-state index in [0.29, 0.717) is 16.6 Å². The molecule has 6 rings (SSSR count). The summed E-state index contributed by atoms with van der Waals surface area (Å²) >= 11 is 2.99. The molecule has 3 aromatic heterocycles. The van der Waals surface area contributed by atoms with Crippen LogP contribution in [-0.4, -0.2) is 25.7 Å². The fourth-order valence-corrected chi connectivity index (χ4v) is 7.82. The van der Waals surface area contributed by atoms with Gasteiger partial charge in [0.1, 0.15) is 4.83 Å². The third-order valence-electron chi connectivity index (χ3n) is 7.39. The lowest BCUT2D eigenvalue weighted by molar-refractivity contribution is 0.102. The summed E-state index contributed by atoms with van der Waals surface area (Å²) in [4.78, 5) is 34.5. The van der Waals surface area contributed by atoms with E-state index in [0.717, 1.165) is 52.2 Å². The van der Waals surface area contributed by atoms with Gasteiger partial charge in [-0.25, -0.2) is 4.98 Å². The maximum atomic E-state index is 14.0. The van der Waals surface area contributed by atoms with Crippen molar-refractivity contribution in [2.24, 2.45) is 5.92 Å². The first kappa shape index (κ1) is 24.9. The Morgan fingerprint density at radius 1 is 1.03 bits per heavy atom. The Bertz CT molecular complexity index is 1720. The fourth-order valence-electron chi connectivity index (χ4n) is 5.50. The first-order chi connectivity index (χ1) is 18.4. The molecule has 5 aromatic rings. The molecule has 1 aliphatic rings. The van der Waals surface area contributed by atoms with Crippen LogP contribution in [0.2, 0.25) is 0 Å². The average molecular weight is 540 g/mol. The van der Waals surface area contributed by atoms with E-state index < -0.39 is 0 Å². The van der Waals surface area contributed by atoms with Gasteiger partial charge in [-0.2, -0.15) is 0 Å². The van der Waals surface area contributed by atoms with Crippen molar-refractivity contribution < 1.29 is 4.79 Å². The number of aryl methyl sites for hydroxylation is 2. The quantitative estimate of drug-likeness (QED) is 0.133. The number of hydrogen-bond donors (Lipinski definition) is 0. The highest BCUT2D eigenvalue weighted by Crippen LogP contribution is 2.37. The summed E-state index contributed by atoms with van der Waals surface area (Å²) in [6.07, 6.45) is 3.01. The summed E-state index contributed by atoms with van der Waals surface area (Å²) in [5, 5.41) is 1.31. The van der Waals surface area contributed by atoms with E-state index in [1.807, 2.05) is 80.6 Å². The van der Waals surface area contributed by atoms with Crippen LogP contribution in [0.15, 0.2) is 76.7 Å². The Kier molecular flexibility index (Phi) is 6.58. The molecule has 1 atom stereocenters. The number of rotatable bonds is 6. The van der Waals surface area contributed by atoms with Crippen molar-refractivity contribution in [3.63, 3.8) is 0 Å². The largest absolute Gasteiger partial charge is 0.318 e. The van der Waals surface area contributed by atoms with Crippen LogP contribution in [0.3, 0.4) is 0 Å². The Morgan fingerprint density at radius 2 is 1.68 bits per heavy atom. The SMILES string of the molecule is Cc1cc(C(=O)CSc2nc3sc4c(c3c(=O)n2-c2ccccc2)CCC(C)C4)c(C)n1-c1ccccc1. The highest BCUT2D eigenvalue weighted by Gasteiger charge is 2.26. The summed E-state index contributed by atoms with van der Waals surface area (Å²) in [5.41, 5.74) is 5.58. The average Bonchev–Trinajstić information content (AvgIpc) is 3.43. The van der Waals surface area contributed by atoms with E-state index >= 15 is 0 Å². The van der Waals surface area contributed by atoms with E-state index in [-0.39, 0.29) is 17.1 Å². The van der Waals surface area contributed by atoms with Crippen molar-refractivity contribution in [2.75, 3.05) is 5.75 Å². The van der Waals surface area contributed by atoms with Crippen LogP contribution >= 0.6 is 23.1 Å². The fraction of sp³-hybridized carbons (Fsp3) is 0.258. The molecule has 0 bridgehead atoms. The second-order valence-electron chi connectivity index (χ2n) is 10.1. The molecule has 0 N–H and O–H groups in total. The molecule has 1 unspecified atom stereocenters. The molecule has 2 aromatic carbocycles. The third-order valence-corrected chi connectivity index (χ3v) is 9.48. The van der Waals surface area contributed by atoms with Crippen molar-refractivity contribution in [3.05, 3.63) is 104 Å². The number of carbonyl (C=O) groups is 1. The molecule has 0 saturated carbocycles. The first-order valence-electron chi connectivity index (χ1n) is 13.0. The zero-order valence-electron chi connectivity index (χ0n) is 21.7. The van der Waals surface area contributed by atoms with E-state index in [2.05, 4.69) is 11.5 Å². The summed E-state index contributed by atoms with van der Waals surface area (Å²) in [6, 6.07) is 21.7. The zero-order valence-corrected chi connectivity index (χ0v) is 23.4. The van der Waals surface area contributed by atoms with Gasteiger partial charge in [-0.1, -0.05) is 55.1 Å². The molecule has 0 spiro atoms. The van der Waals surface area contributed by atoms with Gasteiger partial charge < -0.3 is 4.57 Å². The number of ketones is 1. The highest BCUT2D eigenvalue weighted by molar-refractivity contribution is 7.99. The molecule has 38 heavy (non-hydrogen) atoms. The van der Waals surface area contributed by atoms with E-state index in [1.54, 1.807) is 15.9 Å². The summed E-state index contributed by atoms with van der Waals surface area (Å²) in [7, 11) is 0. The number of thiophene rings is 1. The monoisotopic (exact) mass is 539 g/mol. The molecule has 3 heterocycles. The minimum Gasteiger partial charge on any atom is -0.318 e. The Labute approximate surface area is 230 Å². The highest BCUT2D eigenvalue weighted by atomic mass is 32.2. The van der Waals surface area contributed by atoms with Crippen LogP contribution < -0.4 is 5.56 Å². The number of hydrogen-bond acceptors (Lipinski definition) is 5. The number of nitrogens with zero attached hydrogens (tertiary/aromatic N) is 3. The molecule has 7 heteroatoms. The molecule has 192 valence electrons. The first-order valence-corrected chi connectivity index (χ1v) is 14.8. The van der Waals surface area contributed by atoms with E-state index in [4.69, 9.17) is 4.98 Å². The van der Waals surface area contributed by atoms with E-state index in [9.17, 15) is 9.59 Å². The van der Waals surface area contributed by atoms with Crippen LogP contribution in [0.1, 0.15) is 45.5 Å². The van der Waals surface area contributed by atoms with Gasteiger partial charge in [0.25, 0.3) is 5.56 Å². The van der Waals surface area contributed by atoms with Crippen LogP contribution in [0.5, 0.6) is 0 Å². The van der Waals surface area contributed by atoms with Crippen molar-refractivity contribution in [3.8, 4) is 11.4 Å². The second kappa shape index (κ2) is 10.0. The van der Waals surface area contributed by atoms with Gasteiger partial charge in [0, 0.05) is 27.5 Å². The predicted molar refractivity (Wildman–Crippen MR) is 157 cm³/mol. The van der Waals surface area contributed by atoms with Crippen molar-refractivity contribution in [1.29, 1.82) is 0 Å². The third kappa shape index (κ3) is 4.33. The van der Waals surface area contributed by atoms with Crippen molar-refractivity contribution >= 4 is 39.1 Å². The minimum atomic E-state index is -0.0366. The number of fused-ring (bicyclic) bond motifs is 3. The number of thioether (sulfide) groups is 1. The normalized spacial score (nSPS) is 15.1. The van der Waals surface area contributed by atoms with Crippen LogP contribution in [0, 0.1) is 19.8 Å². The van der Waals surface area contributed by atoms with Gasteiger partial charge in [0.15, 0.2) is 10.9 Å². The van der Waals surface area contributed by atoms with Gasteiger partial charge >= 0.3 is 0 Å². The molecular weight excluding hydrogens is 510 g/mol. The summed E-state index contributed by atoms with van der Waals surface area (Å²) in [6.45, 7) is 6.27. The summed E-state index contributed by atoms with van der Waals surface area (Å²) in [5.74, 6) is 0.846. The molecular formula is C31H29N3O2S2. The van der Waals surface area contributed by atoms with Crippen LogP contribution in [0.4, 0.5) is 0 Å². The number of benzene rings is 2. The Morgan fingerprint density at radius 3 is 2.37 bits per heavy atom. The lowest BCUT2D eigenvalue weighted by Gasteiger charge is -2.17. The van der Waals surface area contributed by atoms with E-state index in [1.165, 1.54) is 22.2 Å².